The van der Waals surface area contributed by atoms with Gasteiger partial charge in [0.2, 0.25) is 10.0 Å². The molecule has 0 aromatic heterocycles. The SMILES string of the molecule is O=C(c1c(F)cccc1F)N1CCN(S(=O)(=O)c2cccc(Cl)c2Cl)CC1. The lowest BCUT2D eigenvalue weighted by molar-refractivity contribution is 0.0688. The number of amides is 1. The van der Waals surface area contributed by atoms with Gasteiger partial charge in [-0.25, -0.2) is 17.2 Å². The fraction of sp³-hybridized carbons (Fsp3) is 0.235. The molecule has 1 aliphatic heterocycles. The molecule has 0 bridgehead atoms. The average Bonchev–Trinajstić information content (AvgIpc) is 2.63. The van der Waals surface area contributed by atoms with E-state index >= 15 is 0 Å². The summed E-state index contributed by atoms with van der Waals surface area (Å²) in [5.74, 6) is -2.73. The van der Waals surface area contributed by atoms with Crippen LogP contribution in [0.5, 0.6) is 0 Å². The quantitative estimate of drug-likeness (QED) is 0.743. The number of halogens is 4. The van der Waals surface area contributed by atoms with Gasteiger partial charge in [0.25, 0.3) is 5.91 Å². The molecule has 0 saturated carbocycles. The molecular weight excluding hydrogens is 421 g/mol. The van der Waals surface area contributed by atoms with Crippen molar-refractivity contribution in [3.05, 3.63) is 63.6 Å². The Labute approximate surface area is 165 Å². The van der Waals surface area contributed by atoms with Gasteiger partial charge < -0.3 is 4.90 Å². The monoisotopic (exact) mass is 434 g/mol. The van der Waals surface area contributed by atoms with Gasteiger partial charge in [-0.1, -0.05) is 35.3 Å². The summed E-state index contributed by atoms with van der Waals surface area (Å²) < 4.78 is 54.3. The van der Waals surface area contributed by atoms with Gasteiger partial charge >= 0.3 is 0 Å². The zero-order chi connectivity index (χ0) is 19.8. The van der Waals surface area contributed by atoms with Crippen molar-refractivity contribution in [2.75, 3.05) is 26.2 Å². The molecule has 0 spiro atoms. The summed E-state index contributed by atoms with van der Waals surface area (Å²) >= 11 is 11.9. The van der Waals surface area contributed by atoms with Crippen LogP contribution in [0.4, 0.5) is 8.78 Å². The first kappa shape index (κ1) is 20.0. The van der Waals surface area contributed by atoms with Gasteiger partial charge in [-0.15, -0.1) is 0 Å². The zero-order valence-electron chi connectivity index (χ0n) is 13.8. The summed E-state index contributed by atoms with van der Waals surface area (Å²) in [5, 5.41) is 0.0349. The number of nitrogens with zero attached hydrogens (tertiary/aromatic N) is 2. The molecule has 0 radical (unpaired) electrons. The predicted molar refractivity (Wildman–Crippen MR) is 97.5 cm³/mol. The summed E-state index contributed by atoms with van der Waals surface area (Å²) in [7, 11) is -3.91. The van der Waals surface area contributed by atoms with Crippen LogP contribution in [0.3, 0.4) is 0 Å². The predicted octanol–water partition coefficient (Wildman–Crippen LogP) is 3.42. The standard InChI is InChI=1S/C17H14Cl2F2N2O3S/c18-11-3-1-6-14(16(11)19)27(25,26)23-9-7-22(8-10-23)17(24)15-12(20)4-2-5-13(15)21/h1-6H,7-10H2. The van der Waals surface area contributed by atoms with Gasteiger partial charge in [0.15, 0.2) is 0 Å². The molecule has 0 aliphatic carbocycles. The number of carbonyl (C=O) groups excluding carboxylic acids is 1. The topological polar surface area (TPSA) is 57.7 Å². The lowest BCUT2D eigenvalue weighted by Gasteiger charge is -2.34. The maximum Gasteiger partial charge on any atom is 0.259 e. The Bertz CT molecular complexity index is 973. The molecule has 1 aliphatic rings. The highest BCUT2D eigenvalue weighted by atomic mass is 35.5. The first-order chi connectivity index (χ1) is 12.7. The number of piperazine rings is 1. The normalized spacial score (nSPS) is 15.8. The highest BCUT2D eigenvalue weighted by Gasteiger charge is 2.33. The van der Waals surface area contributed by atoms with E-state index in [0.29, 0.717) is 0 Å². The van der Waals surface area contributed by atoms with Crippen LogP contribution in [0.15, 0.2) is 41.3 Å². The van der Waals surface area contributed by atoms with Crippen LogP contribution >= 0.6 is 23.2 Å². The van der Waals surface area contributed by atoms with Crippen molar-refractivity contribution in [3.8, 4) is 0 Å². The Morgan fingerprint density at radius 2 is 1.48 bits per heavy atom. The second-order valence-corrected chi connectivity index (χ2v) is 8.54. The summed E-state index contributed by atoms with van der Waals surface area (Å²) in [6.45, 7) is -0.0893. The van der Waals surface area contributed by atoms with E-state index in [4.69, 9.17) is 23.2 Å². The van der Waals surface area contributed by atoms with Gasteiger partial charge in [0.05, 0.1) is 10.0 Å². The van der Waals surface area contributed by atoms with Crippen LogP contribution in [0, 0.1) is 11.6 Å². The smallest absolute Gasteiger partial charge is 0.259 e. The Kier molecular flexibility index (Phi) is 5.71. The lowest BCUT2D eigenvalue weighted by Crippen LogP contribution is -2.50. The first-order valence-corrected chi connectivity index (χ1v) is 10.1. The molecular formula is C17H14Cl2F2N2O3S. The number of carbonyl (C=O) groups is 1. The third kappa shape index (κ3) is 3.80. The second-order valence-electron chi connectivity index (χ2n) is 5.84. The molecule has 10 heteroatoms. The van der Waals surface area contributed by atoms with Crippen LogP contribution in [0.1, 0.15) is 10.4 Å². The third-order valence-electron chi connectivity index (χ3n) is 4.24. The molecule has 5 nitrogen and oxygen atoms in total. The molecule has 0 N–H and O–H groups in total. The number of hydrogen-bond acceptors (Lipinski definition) is 3. The van der Waals surface area contributed by atoms with Crippen molar-refractivity contribution in [2.45, 2.75) is 4.90 Å². The minimum Gasteiger partial charge on any atom is -0.336 e. The summed E-state index contributed by atoms with van der Waals surface area (Å²) in [5.41, 5.74) is -0.647. The van der Waals surface area contributed by atoms with E-state index in [1.807, 2.05) is 0 Å². The molecule has 0 atom stereocenters. The maximum absolute atomic E-state index is 13.8. The molecule has 0 unspecified atom stereocenters. The molecule has 2 aromatic carbocycles. The zero-order valence-corrected chi connectivity index (χ0v) is 16.2. The minimum absolute atomic E-state index is 0.00990. The van der Waals surface area contributed by atoms with Crippen LogP contribution in [0.25, 0.3) is 0 Å². The molecule has 144 valence electrons. The maximum atomic E-state index is 13.8. The molecule has 1 heterocycles. The summed E-state index contributed by atoms with van der Waals surface area (Å²) in [6, 6.07) is 7.46. The van der Waals surface area contributed by atoms with E-state index in [2.05, 4.69) is 0 Å². The highest BCUT2D eigenvalue weighted by molar-refractivity contribution is 7.89. The van der Waals surface area contributed by atoms with Gasteiger partial charge in [0.1, 0.15) is 22.1 Å². The number of rotatable bonds is 3. The highest BCUT2D eigenvalue weighted by Crippen LogP contribution is 2.31. The van der Waals surface area contributed by atoms with Gasteiger partial charge in [-0.3, -0.25) is 4.79 Å². The Morgan fingerprint density at radius 1 is 0.926 bits per heavy atom. The Morgan fingerprint density at radius 3 is 2.07 bits per heavy atom. The van der Waals surface area contributed by atoms with Crippen molar-refractivity contribution < 1.29 is 22.0 Å². The third-order valence-corrected chi connectivity index (χ3v) is 7.11. The van der Waals surface area contributed by atoms with Crippen LogP contribution in [-0.2, 0) is 10.0 Å². The second kappa shape index (κ2) is 7.71. The number of sulfonamides is 1. The van der Waals surface area contributed by atoms with Crippen molar-refractivity contribution in [3.63, 3.8) is 0 Å². The molecule has 27 heavy (non-hydrogen) atoms. The first-order valence-electron chi connectivity index (χ1n) is 7.91. The number of hydrogen-bond donors (Lipinski definition) is 0. The Hall–Kier alpha value is -1.74. The number of benzene rings is 2. The van der Waals surface area contributed by atoms with Crippen LogP contribution in [-0.4, -0.2) is 49.7 Å². The lowest BCUT2D eigenvalue weighted by atomic mass is 10.1. The summed E-state index contributed by atoms with van der Waals surface area (Å²) in [4.78, 5) is 13.5. The van der Waals surface area contributed by atoms with E-state index in [1.165, 1.54) is 29.2 Å². The molecule has 3 rings (SSSR count). The average molecular weight is 435 g/mol. The van der Waals surface area contributed by atoms with Crippen molar-refractivity contribution in [2.24, 2.45) is 0 Å². The molecule has 2 aromatic rings. The summed E-state index contributed by atoms with van der Waals surface area (Å²) in [6.07, 6.45) is 0. The molecule has 1 amide bonds. The Balaban J connectivity index is 1.77. The molecule has 1 fully saturated rings. The van der Waals surface area contributed by atoms with E-state index < -0.39 is 33.1 Å². The van der Waals surface area contributed by atoms with Crippen LogP contribution in [0.2, 0.25) is 10.0 Å². The van der Waals surface area contributed by atoms with E-state index in [1.54, 1.807) is 0 Å². The van der Waals surface area contributed by atoms with E-state index in [-0.39, 0.29) is 41.1 Å². The van der Waals surface area contributed by atoms with E-state index in [0.717, 1.165) is 16.4 Å². The van der Waals surface area contributed by atoms with E-state index in [9.17, 15) is 22.0 Å². The van der Waals surface area contributed by atoms with Crippen molar-refractivity contribution in [1.82, 2.24) is 9.21 Å². The van der Waals surface area contributed by atoms with Gasteiger partial charge in [0, 0.05) is 26.2 Å². The fourth-order valence-corrected chi connectivity index (χ4v) is 4.97. The van der Waals surface area contributed by atoms with Gasteiger partial charge in [-0.2, -0.15) is 4.31 Å². The van der Waals surface area contributed by atoms with Gasteiger partial charge in [-0.05, 0) is 24.3 Å². The minimum atomic E-state index is -3.91. The largest absolute Gasteiger partial charge is 0.336 e. The fourth-order valence-electron chi connectivity index (χ4n) is 2.81. The van der Waals surface area contributed by atoms with Crippen molar-refractivity contribution >= 4 is 39.1 Å². The molecule has 1 saturated heterocycles. The van der Waals surface area contributed by atoms with Crippen molar-refractivity contribution in [1.29, 1.82) is 0 Å². The van der Waals surface area contributed by atoms with Crippen LogP contribution < -0.4 is 0 Å².